The van der Waals surface area contributed by atoms with Crippen LogP contribution in [0.25, 0.3) is 0 Å². The lowest BCUT2D eigenvalue weighted by Gasteiger charge is -2.32. The minimum Gasteiger partial charge on any atom is -0.342 e. The number of nitrogens with zero attached hydrogens (tertiary/aromatic N) is 2. The first-order chi connectivity index (χ1) is 8.50. The molecule has 0 unspecified atom stereocenters. The average Bonchev–Trinajstić information content (AvgIpc) is 2.35. The zero-order valence-electron chi connectivity index (χ0n) is 9.82. The Bertz CT molecular complexity index is 505. The number of benzene rings is 1. The zero-order chi connectivity index (χ0) is 13.3. The third-order valence-electron chi connectivity index (χ3n) is 2.93. The van der Waals surface area contributed by atoms with Gasteiger partial charge >= 0.3 is 0 Å². The van der Waals surface area contributed by atoms with Crippen LogP contribution < -0.4 is 0 Å². The largest absolute Gasteiger partial charge is 0.342 e. The zero-order valence-corrected chi connectivity index (χ0v) is 11.3. The standard InChI is InChI=1S/C12H12Cl2N2O2/c1-15-5-6-16(7-10(15)17)12(18)8-3-2-4-9(13)11(8)14/h2-4H,5-7H2,1H3. The molecule has 0 atom stereocenters. The molecule has 1 aliphatic rings. The summed E-state index contributed by atoms with van der Waals surface area (Å²) in [7, 11) is 1.72. The van der Waals surface area contributed by atoms with Crippen LogP contribution in [0.1, 0.15) is 10.4 Å². The van der Waals surface area contributed by atoms with Crippen molar-refractivity contribution in [2.45, 2.75) is 0 Å². The second kappa shape index (κ2) is 5.16. The molecule has 1 heterocycles. The number of likely N-dealkylation sites (N-methyl/N-ethyl adjacent to an activating group) is 1. The summed E-state index contributed by atoms with van der Waals surface area (Å²) >= 11 is 11.9. The molecule has 1 fully saturated rings. The van der Waals surface area contributed by atoms with E-state index in [1.54, 1.807) is 30.1 Å². The summed E-state index contributed by atoms with van der Waals surface area (Å²) in [5.74, 6) is -0.336. The van der Waals surface area contributed by atoms with Gasteiger partial charge in [0.2, 0.25) is 5.91 Å². The van der Waals surface area contributed by atoms with Gasteiger partial charge in [-0.2, -0.15) is 0 Å². The minimum atomic E-state index is -0.260. The highest BCUT2D eigenvalue weighted by Gasteiger charge is 2.26. The molecule has 0 spiro atoms. The van der Waals surface area contributed by atoms with Crippen LogP contribution in [-0.4, -0.2) is 48.3 Å². The maximum absolute atomic E-state index is 12.2. The quantitative estimate of drug-likeness (QED) is 0.791. The van der Waals surface area contributed by atoms with Gasteiger partial charge in [-0.1, -0.05) is 29.3 Å². The van der Waals surface area contributed by atoms with E-state index < -0.39 is 0 Å². The monoisotopic (exact) mass is 286 g/mol. The molecular formula is C12H12Cl2N2O2. The third-order valence-corrected chi connectivity index (χ3v) is 3.75. The van der Waals surface area contributed by atoms with Crippen molar-refractivity contribution in [3.8, 4) is 0 Å². The number of carbonyl (C=O) groups is 2. The second-order valence-corrected chi connectivity index (χ2v) is 4.93. The predicted molar refractivity (Wildman–Crippen MR) is 70.0 cm³/mol. The first kappa shape index (κ1) is 13.2. The van der Waals surface area contributed by atoms with Crippen molar-refractivity contribution < 1.29 is 9.59 Å². The first-order valence-corrected chi connectivity index (χ1v) is 6.23. The van der Waals surface area contributed by atoms with E-state index in [0.29, 0.717) is 23.7 Å². The van der Waals surface area contributed by atoms with E-state index in [9.17, 15) is 9.59 Å². The number of carbonyl (C=O) groups excluding carboxylic acids is 2. The SMILES string of the molecule is CN1CCN(C(=O)c2cccc(Cl)c2Cl)CC1=O. The van der Waals surface area contributed by atoms with Gasteiger partial charge in [0.1, 0.15) is 6.54 Å². The second-order valence-electron chi connectivity index (χ2n) is 4.14. The molecule has 96 valence electrons. The third kappa shape index (κ3) is 2.44. The Balaban J connectivity index is 2.22. The van der Waals surface area contributed by atoms with Gasteiger partial charge in [0, 0.05) is 20.1 Å². The van der Waals surface area contributed by atoms with Gasteiger partial charge in [-0.25, -0.2) is 0 Å². The normalized spacial score (nSPS) is 16.1. The Kier molecular flexibility index (Phi) is 3.78. The molecule has 1 aromatic carbocycles. The lowest BCUT2D eigenvalue weighted by atomic mass is 10.2. The molecule has 2 amide bonds. The summed E-state index contributed by atoms with van der Waals surface area (Å²) in [5, 5.41) is 0.568. The van der Waals surface area contributed by atoms with Gasteiger partial charge < -0.3 is 9.80 Å². The predicted octanol–water partition coefficient (Wildman–Crippen LogP) is 1.91. The topological polar surface area (TPSA) is 40.6 Å². The van der Waals surface area contributed by atoms with Crippen LogP contribution in [0.2, 0.25) is 10.0 Å². The maximum Gasteiger partial charge on any atom is 0.255 e. The van der Waals surface area contributed by atoms with Crippen LogP contribution in [-0.2, 0) is 4.79 Å². The van der Waals surface area contributed by atoms with Crippen molar-refractivity contribution in [2.24, 2.45) is 0 Å². The van der Waals surface area contributed by atoms with Gasteiger partial charge in [0.25, 0.3) is 5.91 Å². The highest BCUT2D eigenvalue weighted by Crippen LogP contribution is 2.26. The van der Waals surface area contributed by atoms with Crippen LogP contribution in [0, 0.1) is 0 Å². The Labute approximate surface area is 115 Å². The molecule has 0 saturated carbocycles. The van der Waals surface area contributed by atoms with Crippen LogP contribution in [0.4, 0.5) is 0 Å². The number of rotatable bonds is 1. The van der Waals surface area contributed by atoms with Gasteiger partial charge in [-0.05, 0) is 12.1 Å². The first-order valence-electron chi connectivity index (χ1n) is 5.48. The number of amides is 2. The van der Waals surface area contributed by atoms with Crippen molar-refractivity contribution in [1.29, 1.82) is 0 Å². The average molecular weight is 287 g/mol. The maximum atomic E-state index is 12.2. The summed E-state index contributed by atoms with van der Waals surface area (Å²) in [6.07, 6.45) is 0. The lowest BCUT2D eigenvalue weighted by molar-refractivity contribution is -0.133. The summed E-state index contributed by atoms with van der Waals surface area (Å²) in [5.41, 5.74) is 0.335. The van der Waals surface area contributed by atoms with Crippen LogP contribution in [0.5, 0.6) is 0 Å². The van der Waals surface area contributed by atoms with Gasteiger partial charge in [0.05, 0.1) is 15.6 Å². The summed E-state index contributed by atoms with van der Waals surface area (Å²) in [6.45, 7) is 1.12. The number of hydrogen-bond donors (Lipinski definition) is 0. The lowest BCUT2D eigenvalue weighted by Crippen LogP contribution is -2.50. The number of piperazine rings is 1. The van der Waals surface area contributed by atoms with Crippen LogP contribution in [0.3, 0.4) is 0 Å². The Morgan fingerprint density at radius 3 is 2.67 bits per heavy atom. The van der Waals surface area contributed by atoms with E-state index in [2.05, 4.69) is 0 Å². The molecule has 0 N–H and O–H groups in total. The van der Waals surface area contributed by atoms with Gasteiger partial charge in [-0.3, -0.25) is 9.59 Å². The van der Waals surface area contributed by atoms with E-state index in [4.69, 9.17) is 23.2 Å². The summed E-state index contributed by atoms with van der Waals surface area (Å²) in [6, 6.07) is 4.90. The number of hydrogen-bond acceptors (Lipinski definition) is 2. The van der Waals surface area contributed by atoms with E-state index in [-0.39, 0.29) is 23.4 Å². The molecule has 0 radical (unpaired) electrons. The fraction of sp³-hybridized carbons (Fsp3) is 0.333. The van der Waals surface area contributed by atoms with Crippen molar-refractivity contribution in [3.63, 3.8) is 0 Å². The molecule has 1 aliphatic heterocycles. The molecule has 0 bridgehead atoms. The molecule has 2 rings (SSSR count). The van der Waals surface area contributed by atoms with Crippen molar-refractivity contribution in [2.75, 3.05) is 26.7 Å². The Morgan fingerprint density at radius 2 is 2.00 bits per heavy atom. The van der Waals surface area contributed by atoms with Crippen LogP contribution >= 0.6 is 23.2 Å². The molecule has 0 aliphatic carbocycles. The van der Waals surface area contributed by atoms with E-state index >= 15 is 0 Å². The number of halogens is 2. The molecule has 0 aromatic heterocycles. The molecule has 1 aromatic rings. The van der Waals surface area contributed by atoms with Crippen molar-refractivity contribution >= 4 is 35.0 Å². The highest BCUT2D eigenvalue weighted by molar-refractivity contribution is 6.43. The van der Waals surface area contributed by atoms with Gasteiger partial charge in [0.15, 0.2) is 0 Å². The molecular weight excluding hydrogens is 275 g/mol. The van der Waals surface area contributed by atoms with Gasteiger partial charge in [-0.15, -0.1) is 0 Å². The highest BCUT2D eigenvalue weighted by atomic mass is 35.5. The van der Waals surface area contributed by atoms with Crippen LogP contribution in [0.15, 0.2) is 18.2 Å². The molecule has 18 heavy (non-hydrogen) atoms. The van der Waals surface area contributed by atoms with Crippen molar-refractivity contribution in [3.05, 3.63) is 33.8 Å². The van der Waals surface area contributed by atoms with E-state index in [0.717, 1.165) is 0 Å². The smallest absolute Gasteiger partial charge is 0.255 e. The molecule has 6 heteroatoms. The van der Waals surface area contributed by atoms with E-state index in [1.165, 1.54) is 4.90 Å². The Hall–Kier alpha value is -1.26. The molecule has 4 nitrogen and oxygen atoms in total. The van der Waals surface area contributed by atoms with Crippen molar-refractivity contribution in [1.82, 2.24) is 9.80 Å². The Morgan fingerprint density at radius 1 is 1.28 bits per heavy atom. The summed E-state index contributed by atoms with van der Waals surface area (Å²) < 4.78 is 0. The van der Waals surface area contributed by atoms with E-state index in [1.807, 2.05) is 0 Å². The fourth-order valence-corrected chi connectivity index (χ4v) is 2.15. The molecule has 1 saturated heterocycles. The fourth-order valence-electron chi connectivity index (χ4n) is 1.77. The minimum absolute atomic E-state index is 0.0762. The summed E-state index contributed by atoms with van der Waals surface area (Å²) in [4.78, 5) is 26.9.